The van der Waals surface area contributed by atoms with Crippen LogP contribution in [0.5, 0.6) is 0 Å². The zero-order valence-corrected chi connectivity index (χ0v) is 15.0. The van der Waals surface area contributed by atoms with Gasteiger partial charge >= 0.3 is 12.1 Å². The Bertz CT molecular complexity index is 757. The average Bonchev–Trinajstić information content (AvgIpc) is 3.31. The lowest BCUT2D eigenvalue weighted by Crippen LogP contribution is -2.35. The second kappa shape index (κ2) is 6.30. The Labute approximate surface area is 152 Å². The van der Waals surface area contributed by atoms with Crippen LogP contribution in [-0.2, 0) is 4.79 Å². The van der Waals surface area contributed by atoms with Gasteiger partial charge in [-0.15, -0.1) is 0 Å². The predicted octanol–water partition coefficient (Wildman–Crippen LogP) is 2.88. The van der Waals surface area contributed by atoms with Crippen molar-refractivity contribution in [2.45, 2.75) is 32.1 Å². The van der Waals surface area contributed by atoms with Gasteiger partial charge in [0.1, 0.15) is 6.54 Å². The van der Waals surface area contributed by atoms with Gasteiger partial charge in [-0.1, -0.05) is 18.9 Å². The van der Waals surface area contributed by atoms with Crippen molar-refractivity contribution in [3.63, 3.8) is 0 Å². The number of amides is 5. The number of nitrogens with one attached hydrogen (secondary N) is 1. The zero-order valence-electron chi connectivity index (χ0n) is 15.0. The third kappa shape index (κ3) is 2.91. The lowest BCUT2D eigenvalue weighted by Gasteiger charge is -2.23. The van der Waals surface area contributed by atoms with Gasteiger partial charge in [0.15, 0.2) is 0 Å². The summed E-state index contributed by atoms with van der Waals surface area (Å²) in [6.07, 6.45) is 6.06. The molecule has 2 heterocycles. The van der Waals surface area contributed by atoms with Crippen LogP contribution in [0.1, 0.15) is 32.1 Å². The summed E-state index contributed by atoms with van der Waals surface area (Å²) in [5.41, 5.74) is 1.41. The molecule has 2 aliphatic heterocycles. The fourth-order valence-electron chi connectivity index (χ4n) is 4.44. The molecule has 0 radical (unpaired) electrons. The summed E-state index contributed by atoms with van der Waals surface area (Å²) in [6.45, 7) is 1.69. The second-order valence-corrected chi connectivity index (χ2v) is 7.73. The Balaban J connectivity index is 1.45. The van der Waals surface area contributed by atoms with Gasteiger partial charge in [0, 0.05) is 25.8 Å². The summed E-state index contributed by atoms with van der Waals surface area (Å²) in [5.74, 6) is -0.260. The van der Waals surface area contributed by atoms with Crippen molar-refractivity contribution < 1.29 is 14.4 Å². The van der Waals surface area contributed by atoms with Crippen LogP contribution in [0.3, 0.4) is 0 Å². The van der Waals surface area contributed by atoms with E-state index in [1.165, 1.54) is 30.6 Å². The minimum absolute atomic E-state index is 0.0747. The molecule has 7 nitrogen and oxygen atoms in total. The lowest BCUT2D eigenvalue weighted by molar-refractivity contribution is -0.116. The molecule has 138 valence electrons. The molecule has 1 aromatic rings. The van der Waals surface area contributed by atoms with Gasteiger partial charge in [0.2, 0.25) is 0 Å². The number of benzene rings is 1. The Kier molecular flexibility index (Phi) is 4.09. The van der Waals surface area contributed by atoms with Crippen LogP contribution in [0.2, 0.25) is 0 Å². The van der Waals surface area contributed by atoms with E-state index in [0.29, 0.717) is 16.8 Å². The SMILES string of the molecule is CN1CC(=O)N(c2cccc(NC(=O)N3CCC4(CCCC4)C3)c2)C1=O. The van der Waals surface area contributed by atoms with Gasteiger partial charge in [-0.05, 0) is 42.9 Å². The molecule has 4 rings (SSSR count). The number of likely N-dealkylation sites (N-methyl/N-ethyl adjacent to an activating group) is 1. The molecule has 0 bridgehead atoms. The molecule has 0 unspecified atom stereocenters. The van der Waals surface area contributed by atoms with Crippen LogP contribution in [0.4, 0.5) is 21.0 Å². The maximum atomic E-state index is 12.6. The van der Waals surface area contributed by atoms with Crippen LogP contribution in [0.25, 0.3) is 0 Å². The fourth-order valence-corrected chi connectivity index (χ4v) is 4.44. The average molecular weight is 356 g/mol. The maximum Gasteiger partial charge on any atom is 0.331 e. The third-order valence-electron chi connectivity index (χ3n) is 5.89. The molecule has 0 atom stereocenters. The van der Waals surface area contributed by atoms with E-state index in [-0.39, 0.29) is 24.5 Å². The second-order valence-electron chi connectivity index (χ2n) is 7.73. The Morgan fingerprint density at radius 2 is 1.92 bits per heavy atom. The Hall–Kier alpha value is -2.57. The van der Waals surface area contributed by atoms with Crippen molar-refractivity contribution in [1.29, 1.82) is 0 Å². The first-order chi connectivity index (χ1) is 12.5. The monoisotopic (exact) mass is 356 g/mol. The molecule has 1 saturated carbocycles. The molecule has 0 aromatic heterocycles. The molecule has 26 heavy (non-hydrogen) atoms. The molecule has 3 fully saturated rings. The van der Waals surface area contributed by atoms with Crippen molar-refractivity contribution in [2.24, 2.45) is 5.41 Å². The van der Waals surface area contributed by atoms with Gasteiger partial charge < -0.3 is 15.1 Å². The number of hydrogen-bond acceptors (Lipinski definition) is 3. The van der Waals surface area contributed by atoms with Crippen LogP contribution in [0, 0.1) is 5.41 Å². The number of anilines is 2. The Morgan fingerprint density at radius 3 is 2.62 bits per heavy atom. The smallest absolute Gasteiger partial charge is 0.324 e. The number of rotatable bonds is 2. The van der Waals surface area contributed by atoms with Crippen LogP contribution in [0.15, 0.2) is 24.3 Å². The molecule has 5 amide bonds. The van der Waals surface area contributed by atoms with E-state index in [1.807, 2.05) is 4.90 Å². The van der Waals surface area contributed by atoms with Gasteiger partial charge in [0.25, 0.3) is 5.91 Å². The summed E-state index contributed by atoms with van der Waals surface area (Å²) >= 11 is 0. The molecule has 3 aliphatic rings. The van der Waals surface area contributed by atoms with E-state index in [4.69, 9.17) is 0 Å². The van der Waals surface area contributed by atoms with E-state index in [2.05, 4.69) is 5.32 Å². The van der Waals surface area contributed by atoms with Crippen molar-refractivity contribution in [2.75, 3.05) is 36.9 Å². The summed E-state index contributed by atoms with van der Waals surface area (Å²) in [5, 5.41) is 2.92. The molecule has 1 aliphatic carbocycles. The van der Waals surface area contributed by atoms with Gasteiger partial charge in [0.05, 0.1) is 5.69 Å². The van der Waals surface area contributed by atoms with Crippen molar-refractivity contribution >= 4 is 29.3 Å². The quantitative estimate of drug-likeness (QED) is 0.828. The number of carbonyl (C=O) groups is 3. The number of nitrogens with zero attached hydrogens (tertiary/aromatic N) is 3. The van der Waals surface area contributed by atoms with Crippen LogP contribution < -0.4 is 10.2 Å². The number of hydrogen-bond donors (Lipinski definition) is 1. The van der Waals surface area contributed by atoms with E-state index < -0.39 is 0 Å². The minimum Gasteiger partial charge on any atom is -0.324 e. The third-order valence-corrected chi connectivity index (χ3v) is 5.89. The minimum atomic E-state index is -0.346. The van der Waals surface area contributed by atoms with E-state index in [1.54, 1.807) is 31.3 Å². The van der Waals surface area contributed by atoms with Crippen molar-refractivity contribution in [1.82, 2.24) is 9.80 Å². The molecule has 7 heteroatoms. The zero-order chi connectivity index (χ0) is 18.3. The Morgan fingerprint density at radius 1 is 1.15 bits per heavy atom. The highest BCUT2D eigenvalue weighted by atomic mass is 16.2. The molecular formula is C19H24N4O3. The van der Waals surface area contributed by atoms with E-state index in [0.717, 1.165) is 24.4 Å². The van der Waals surface area contributed by atoms with Gasteiger partial charge in [-0.25, -0.2) is 14.5 Å². The number of likely N-dealkylation sites (tertiary alicyclic amines) is 1. The normalized spacial score (nSPS) is 22.0. The lowest BCUT2D eigenvalue weighted by atomic mass is 9.86. The van der Waals surface area contributed by atoms with Gasteiger partial charge in [-0.2, -0.15) is 0 Å². The summed E-state index contributed by atoms with van der Waals surface area (Å²) in [6, 6.07) is 6.44. The highest BCUT2D eigenvalue weighted by Gasteiger charge is 2.41. The highest BCUT2D eigenvalue weighted by molar-refractivity contribution is 6.19. The maximum absolute atomic E-state index is 12.6. The molecule has 1 N–H and O–H groups in total. The standard InChI is InChI=1S/C19H24N4O3/c1-21-12-16(24)23(18(21)26)15-6-4-5-14(11-15)20-17(25)22-10-9-19(13-22)7-2-3-8-19/h4-6,11H,2-3,7-10,12-13H2,1H3,(H,20,25). The van der Waals surface area contributed by atoms with E-state index >= 15 is 0 Å². The van der Waals surface area contributed by atoms with Gasteiger partial charge in [-0.3, -0.25) is 4.79 Å². The summed E-state index contributed by atoms with van der Waals surface area (Å²) in [4.78, 5) is 41.2. The molecule has 1 spiro atoms. The van der Waals surface area contributed by atoms with Crippen molar-refractivity contribution in [3.05, 3.63) is 24.3 Å². The van der Waals surface area contributed by atoms with Crippen LogP contribution >= 0.6 is 0 Å². The van der Waals surface area contributed by atoms with E-state index in [9.17, 15) is 14.4 Å². The number of carbonyl (C=O) groups excluding carboxylic acids is 3. The largest absolute Gasteiger partial charge is 0.331 e. The topological polar surface area (TPSA) is 73.0 Å². The van der Waals surface area contributed by atoms with Crippen LogP contribution in [-0.4, -0.2) is 54.5 Å². The summed E-state index contributed by atoms with van der Waals surface area (Å²) in [7, 11) is 1.60. The summed E-state index contributed by atoms with van der Waals surface area (Å²) < 4.78 is 0. The van der Waals surface area contributed by atoms with Crippen molar-refractivity contribution in [3.8, 4) is 0 Å². The first-order valence-corrected chi connectivity index (χ1v) is 9.22. The number of imide groups is 1. The highest BCUT2D eigenvalue weighted by Crippen LogP contribution is 2.45. The first kappa shape index (κ1) is 16.9. The predicted molar refractivity (Wildman–Crippen MR) is 98.1 cm³/mol. The molecule has 2 saturated heterocycles. The molecule has 1 aromatic carbocycles. The molecular weight excluding hydrogens is 332 g/mol. The fraction of sp³-hybridized carbons (Fsp3) is 0.526. The first-order valence-electron chi connectivity index (χ1n) is 9.22. The number of urea groups is 2.